The Morgan fingerprint density at radius 2 is 1.98 bits per heavy atom. The molecule has 5 heterocycles. The highest BCUT2D eigenvalue weighted by atomic mass is 32.1. The van der Waals surface area contributed by atoms with Crippen LogP contribution >= 0.6 is 11.3 Å². The summed E-state index contributed by atoms with van der Waals surface area (Å²) in [4.78, 5) is 11.7. The van der Waals surface area contributed by atoms with Gasteiger partial charge < -0.3 is 9.88 Å². The molecular formula is C30H27F3N8S. The predicted octanol–water partition coefficient (Wildman–Crippen LogP) is 5.76. The Morgan fingerprint density at radius 3 is 2.67 bits per heavy atom. The number of benzene rings is 1. The zero-order chi connectivity index (χ0) is 29.4. The minimum atomic E-state index is -4.30. The molecule has 0 bridgehead atoms. The van der Waals surface area contributed by atoms with Crippen molar-refractivity contribution in [1.29, 1.82) is 5.26 Å². The number of terminal acetylenes is 1. The lowest BCUT2D eigenvalue weighted by Gasteiger charge is -2.33. The van der Waals surface area contributed by atoms with E-state index in [0.717, 1.165) is 65.8 Å². The monoisotopic (exact) mass is 588 g/mol. The molecule has 214 valence electrons. The molecule has 1 aliphatic rings. The van der Waals surface area contributed by atoms with Crippen LogP contribution in [0.5, 0.6) is 0 Å². The summed E-state index contributed by atoms with van der Waals surface area (Å²) in [6.07, 6.45) is 5.52. The molecule has 1 saturated heterocycles. The third-order valence-corrected chi connectivity index (χ3v) is 8.78. The smallest absolute Gasteiger partial charge is 0.367 e. The number of alkyl halides is 3. The first kappa shape index (κ1) is 27.8. The van der Waals surface area contributed by atoms with Crippen molar-refractivity contribution in [2.75, 3.05) is 18.4 Å². The van der Waals surface area contributed by atoms with Gasteiger partial charge in [0.05, 0.1) is 24.5 Å². The molecule has 1 aromatic carbocycles. The van der Waals surface area contributed by atoms with Crippen molar-refractivity contribution in [3.8, 4) is 18.4 Å². The Hall–Kier alpha value is -4.39. The van der Waals surface area contributed by atoms with Gasteiger partial charge in [-0.05, 0) is 55.0 Å². The summed E-state index contributed by atoms with van der Waals surface area (Å²) in [6.45, 7) is 5.15. The average molecular weight is 589 g/mol. The summed E-state index contributed by atoms with van der Waals surface area (Å²) in [5.41, 5.74) is 5.01. The van der Waals surface area contributed by atoms with Gasteiger partial charge >= 0.3 is 6.18 Å². The predicted molar refractivity (Wildman–Crippen MR) is 156 cm³/mol. The summed E-state index contributed by atoms with van der Waals surface area (Å²) < 4.78 is 41.0. The molecule has 12 heteroatoms. The maximum absolute atomic E-state index is 13.0. The van der Waals surface area contributed by atoms with Crippen molar-refractivity contribution in [1.82, 2.24) is 29.6 Å². The fraction of sp³-hybridized carbons (Fsp3) is 0.333. The first-order chi connectivity index (χ1) is 20.2. The van der Waals surface area contributed by atoms with Gasteiger partial charge in [-0.15, -0.1) is 17.8 Å². The first-order valence-corrected chi connectivity index (χ1v) is 14.3. The van der Waals surface area contributed by atoms with Gasteiger partial charge in [0.2, 0.25) is 5.82 Å². The summed E-state index contributed by atoms with van der Waals surface area (Å²) in [6, 6.07) is 10.1. The van der Waals surface area contributed by atoms with Crippen LogP contribution < -0.4 is 5.32 Å². The summed E-state index contributed by atoms with van der Waals surface area (Å²) >= 11 is 1.000. The minimum absolute atomic E-state index is 0.106. The molecule has 0 spiro atoms. The molecule has 0 radical (unpaired) electrons. The van der Waals surface area contributed by atoms with Crippen molar-refractivity contribution in [3.05, 3.63) is 69.7 Å². The second-order valence-corrected chi connectivity index (χ2v) is 11.7. The number of fused-ring (bicyclic) bond motifs is 2. The molecule has 0 amide bonds. The maximum atomic E-state index is 13.0. The number of nitrogens with one attached hydrogen (secondary N) is 2. The Morgan fingerprint density at radius 1 is 1.17 bits per heavy atom. The highest BCUT2D eigenvalue weighted by Gasteiger charge is 2.29. The number of likely N-dealkylation sites (tertiary alicyclic amines) is 1. The molecular weight excluding hydrogens is 561 g/mol. The van der Waals surface area contributed by atoms with E-state index in [9.17, 15) is 18.4 Å². The lowest BCUT2D eigenvalue weighted by molar-refractivity contribution is -0.126. The SMILES string of the molecule is C#Cc1nc(NC2CCN(Cc3ccc4c(cc(C#N)n4Cc4cn[nH]c4)c3C)CC2)c2cc(CC(F)(F)F)sc2n1. The van der Waals surface area contributed by atoms with Crippen LogP contribution in [0.3, 0.4) is 0 Å². The quantitative estimate of drug-likeness (QED) is 0.235. The van der Waals surface area contributed by atoms with Gasteiger partial charge in [0.15, 0.2) is 0 Å². The maximum Gasteiger partial charge on any atom is 0.393 e. The molecule has 42 heavy (non-hydrogen) atoms. The second kappa shape index (κ2) is 11.1. The third-order valence-electron chi connectivity index (χ3n) is 7.75. The number of nitriles is 1. The highest BCUT2D eigenvalue weighted by Crippen LogP contribution is 2.34. The van der Waals surface area contributed by atoms with E-state index in [-0.39, 0.29) is 16.7 Å². The standard InChI is InChI=1S/C30H27F3N8S/c1-3-27-38-28(25-11-23(12-30(31,32)33)42-29(25)39-27)37-21-6-8-40(9-7-21)17-20-4-5-26-24(18(20)2)10-22(13-34)41(26)16-19-14-35-36-15-19/h1,4-5,10-11,14-15,21H,6-9,12,16-17H2,2H3,(H,35,36)(H,37,38,39). The van der Waals surface area contributed by atoms with E-state index in [4.69, 9.17) is 6.42 Å². The number of aryl methyl sites for hydroxylation is 1. The van der Waals surface area contributed by atoms with Crippen LogP contribution in [0.25, 0.3) is 21.1 Å². The summed E-state index contributed by atoms with van der Waals surface area (Å²) in [7, 11) is 0. The molecule has 1 aliphatic heterocycles. The average Bonchev–Trinajstić information content (AvgIpc) is 3.70. The van der Waals surface area contributed by atoms with Gasteiger partial charge in [0, 0.05) is 53.2 Å². The minimum Gasteiger partial charge on any atom is -0.367 e. The number of H-pyrrole nitrogens is 1. The number of hydrogen-bond acceptors (Lipinski definition) is 7. The molecule has 0 saturated carbocycles. The number of anilines is 1. The Balaban J connectivity index is 1.14. The van der Waals surface area contributed by atoms with Crippen molar-refractivity contribution in [2.24, 2.45) is 0 Å². The van der Waals surface area contributed by atoms with Crippen LogP contribution in [0.15, 0.2) is 36.7 Å². The number of hydrogen-bond donors (Lipinski definition) is 2. The van der Waals surface area contributed by atoms with Gasteiger partial charge in [0.1, 0.15) is 22.4 Å². The van der Waals surface area contributed by atoms with Gasteiger partial charge in [-0.25, -0.2) is 9.97 Å². The number of aromatic amines is 1. The number of aromatic nitrogens is 5. The van der Waals surface area contributed by atoms with Crippen LogP contribution in [-0.2, 0) is 19.5 Å². The molecule has 0 atom stereocenters. The van der Waals surface area contributed by atoms with Crippen LogP contribution in [-0.4, -0.2) is 54.9 Å². The highest BCUT2D eigenvalue weighted by molar-refractivity contribution is 7.18. The fourth-order valence-electron chi connectivity index (χ4n) is 5.60. The molecule has 6 rings (SSSR count). The van der Waals surface area contributed by atoms with Crippen LogP contribution in [0.4, 0.5) is 19.0 Å². The van der Waals surface area contributed by atoms with Crippen LogP contribution in [0.2, 0.25) is 0 Å². The number of rotatable bonds is 7. The molecule has 4 aromatic heterocycles. The normalized spacial score (nSPS) is 14.8. The zero-order valence-electron chi connectivity index (χ0n) is 22.8. The van der Waals surface area contributed by atoms with E-state index < -0.39 is 12.6 Å². The number of thiophene rings is 1. The van der Waals surface area contributed by atoms with Gasteiger partial charge in [-0.3, -0.25) is 10.00 Å². The lowest BCUT2D eigenvalue weighted by Crippen LogP contribution is -2.39. The Kier molecular flexibility index (Phi) is 7.35. The molecule has 8 nitrogen and oxygen atoms in total. The number of nitrogens with zero attached hydrogens (tertiary/aromatic N) is 6. The summed E-state index contributed by atoms with van der Waals surface area (Å²) in [5.74, 6) is 3.07. The van der Waals surface area contributed by atoms with Crippen LogP contribution in [0.1, 0.15) is 45.9 Å². The van der Waals surface area contributed by atoms with E-state index in [1.54, 1.807) is 6.20 Å². The van der Waals surface area contributed by atoms with Crippen molar-refractivity contribution < 1.29 is 13.2 Å². The van der Waals surface area contributed by atoms with E-state index in [2.05, 4.69) is 61.4 Å². The molecule has 0 unspecified atom stereocenters. The second-order valence-electron chi connectivity index (χ2n) is 10.6. The van der Waals surface area contributed by atoms with Gasteiger partial charge in [-0.2, -0.15) is 23.5 Å². The molecule has 0 aliphatic carbocycles. The van der Waals surface area contributed by atoms with E-state index in [0.29, 0.717) is 28.3 Å². The van der Waals surface area contributed by atoms with E-state index in [1.807, 2.05) is 16.8 Å². The Bertz CT molecular complexity index is 1830. The zero-order valence-corrected chi connectivity index (χ0v) is 23.6. The number of halogens is 3. The van der Waals surface area contributed by atoms with Crippen molar-refractivity contribution in [3.63, 3.8) is 0 Å². The van der Waals surface area contributed by atoms with Crippen molar-refractivity contribution >= 4 is 38.3 Å². The van der Waals surface area contributed by atoms with Gasteiger partial charge in [-0.1, -0.05) is 6.07 Å². The van der Waals surface area contributed by atoms with Crippen LogP contribution in [0, 0.1) is 30.6 Å². The number of piperidine rings is 1. The van der Waals surface area contributed by atoms with E-state index in [1.165, 1.54) is 11.6 Å². The largest absolute Gasteiger partial charge is 0.393 e. The molecule has 5 aromatic rings. The molecule has 1 fully saturated rings. The topological polar surface area (TPSA) is 98.5 Å². The molecule has 2 N–H and O–H groups in total. The van der Waals surface area contributed by atoms with Gasteiger partial charge in [0.25, 0.3) is 0 Å². The first-order valence-electron chi connectivity index (χ1n) is 13.5. The fourth-order valence-corrected chi connectivity index (χ4v) is 6.66. The third kappa shape index (κ3) is 5.69. The lowest BCUT2D eigenvalue weighted by atomic mass is 10.0. The van der Waals surface area contributed by atoms with E-state index >= 15 is 0 Å². The summed E-state index contributed by atoms with van der Waals surface area (Å²) in [5, 5.41) is 21.7. The Labute approximate surface area is 244 Å². The van der Waals surface area contributed by atoms with Crippen molar-refractivity contribution in [2.45, 2.75) is 51.5 Å².